The van der Waals surface area contributed by atoms with Crippen LogP contribution in [0.15, 0.2) is 24.5 Å². The first-order valence-electron chi connectivity index (χ1n) is 7.03. The number of anilines is 4. The normalized spacial score (nSPS) is 10.1. The number of nitrogens with zero attached hydrogens (tertiary/aromatic N) is 2. The van der Waals surface area contributed by atoms with E-state index in [1.54, 1.807) is 14.2 Å². The first-order valence-corrected chi connectivity index (χ1v) is 7.03. The number of rotatable bonds is 7. The average Bonchev–Trinajstić information content (AvgIpc) is 2.55. The lowest BCUT2D eigenvalue weighted by atomic mass is 10.2. The van der Waals surface area contributed by atoms with Gasteiger partial charge in [-0.1, -0.05) is 6.92 Å². The van der Waals surface area contributed by atoms with Crippen molar-refractivity contribution in [3.8, 4) is 11.5 Å². The Morgan fingerprint density at radius 3 is 2.59 bits per heavy atom. The van der Waals surface area contributed by atoms with Gasteiger partial charge in [0.15, 0.2) is 11.6 Å². The zero-order chi connectivity index (χ0) is 15.9. The third kappa shape index (κ3) is 3.49. The van der Waals surface area contributed by atoms with Crippen LogP contribution in [0.25, 0.3) is 0 Å². The second kappa shape index (κ2) is 7.35. The number of benzene rings is 1. The zero-order valence-electron chi connectivity index (χ0n) is 13.0. The van der Waals surface area contributed by atoms with Crippen molar-refractivity contribution in [3.05, 3.63) is 24.5 Å². The SMILES string of the molecule is CCCNc1ncnc(Nc2cc(OC)ccc2OC)c1N. The van der Waals surface area contributed by atoms with Gasteiger partial charge in [0, 0.05) is 12.6 Å². The van der Waals surface area contributed by atoms with Crippen molar-refractivity contribution in [2.75, 3.05) is 37.1 Å². The Morgan fingerprint density at radius 2 is 1.91 bits per heavy atom. The molecule has 0 fully saturated rings. The Labute approximate surface area is 129 Å². The molecule has 0 spiro atoms. The number of nitrogen functional groups attached to an aromatic ring is 1. The fraction of sp³-hybridized carbons (Fsp3) is 0.333. The van der Waals surface area contributed by atoms with E-state index in [4.69, 9.17) is 15.2 Å². The van der Waals surface area contributed by atoms with E-state index in [9.17, 15) is 0 Å². The zero-order valence-corrected chi connectivity index (χ0v) is 13.0. The predicted octanol–water partition coefficient (Wildman–Crippen LogP) is 2.64. The summed E-state index contributed by atoms with van der Waals surface area (Å²) in [6.07, 6.45) is 2.44. The molecule has 0 saturated carbocycles. The van der Waals surface area contributed by atoms with Gasteiger partial charge in [-0.05, 0) is 18.6 Å². The summed E-state index contributed by atoms with van der Waals surface area (Å²) >= 11 is 0. The molecule has 0 unspecified atom stereocenters. The van der Waals surface area contributed by atoms with Gasteiger partial charge in [-0.15, -0.1) is 0 Å². The maximum Gasteiger partial charge on any atom is 0.159 e. The average molecular weight is 303 g/mol. The molecule has 1 aromatic heterocycles. The molecule has 0 saturated heterocycles. The van der Waals surface area contributed by atoms with Gasteiger partial charge >= 0.3 is 0 Å². The Kier molecular flexibility index (Phi) is 5.24. The van der Waals surface area contributed by atoms with Gasteiger partial charge in [-0.25, -0.2) is 9.97 Å². The largest absolute Gasteiger partial charge is 0.497 e. The van der Waals surface area contributed by atoms with Gasteiger partial charge in [0.05, 0.1) is 19.9 Å². The van der Waals surface area contributed by atoms with Crippen molar-refractivity contribution < 1.29 is 9.47 Å². The monoisotopic (exact) mass is 303 g/mol. The molecule has 0 aliphatic heterocycles. The van der Waals surface area contributed by atoms with Gasteiger partial charge in [0.1, 0.15) is 23.5 Å². The highest BCUT2D eigenvalue weighted by molar-refractivity contribution is 5.79. The summed E-state index contributed by atoms with van der Waals surface area (Å²) in [6, 6.07) is 5.45. The second-order valence-corrected chi connectivity index (χ2v) is 4.60. The van der Waals surface area contributed by atoms with E-state index >= 15 is 0 Å². The van der Waals surface area contributed by atoms with Crippen molar-refractivity contribution >= 4 is 23.0 Å². The molecule has 2 aromatic rings. The van der Waals surface area contributed by atoms with Crippen molar-refractivity contribution in [1.82, 2.24) is 9.97 Å². The number of ether oxygens (including phenoxy) is 2. The van der Waals surface area contributed by atoms with E-state index < -0.39 is 0 Å². The molecule has 0 radical (unpaired) electrons. The quantitative estimate of drug-likeness (QED) is 0.723. The molecule has 0 aliphatic rings. The smallest absolute Gasteiger partial charge is 0.159 e. The number of hydrogen-bond donors (Lipinski definition) is 3. The van der Waals surface area contributed by atoms with Crippen LogP contribution in [0.2, 0.25) is 0 Å². The van der Waals surface area contributed by atoms with Gasteiger partial charge < -0.3 is 25.8 Å². The first kappa shape index (κ1) is 15.7. The molecule has 0 aliphatic carbocycles. The molecule has 0 atom stereocenters. The standard InChI is InChI=1S/C15H21N5O2/c1-4-7-17-14-13(16)15(19-9-18-14)20-11-8-10(21-2)5-6-12(11)22-3/h5-6,8-9H,4,7,16H2,1-3H3,(H2,17,18,19,20). The van der Waals surface area contributed by atoms with Crippen molar-refractivity contribution in [3.63, 3.8) is 0 Å². The molecule has 118 valence electrons. The van der Waals surface area contributed by atoms with E-state index in [1.807, 2.05) is 18.2 Å². The van der Waals surface area contributed by atoms with E-state index in [0.717, 1.165) is 13.0 Å². The number of hydrogen-bond acceptors (Lipinski definition) is 7. The maximum atomic E-state index is 6.11. The topological polar surface area (TPSA) is 94.3 Å². The fourth-order valence-electron chi connectivity index (χ4n) is 1.92. The van der Waals surface area contributed by atoms with Crippen LogP contribution in [0, 0.1) is 0 Å². The van der Waals surface area contributed by atoms with E-state index in [2.05, 4.69) is 27.5 Å². The van der Waals surface area contributed by atoms with E-state index in [0.29, 0.717) is 34.5 Å². The summed E-state index contributed by atoms with van der Waals surface area (Å²) in [5.41, 5.74) is 7.29. The highest BCUT2D eigenvalue weighted by Crippen LogP contribution is 2.33. The van der Waals surface area contributed by atoms with E-state index in [-0.39, 0.29) is 0 Å². The molecule has 1 aromatic carbocycles. The Hall–Kier alpha value is -2.70. The first-order chi connectivity index (χ1) is 10.7. The van der Waals surface area contributed by atoms with Gasteiger partial charge in [-0.3, -0.25) is 0 Å². The molecule has 0 bridgehead atoms. The Balaban J connectivity index is 2.30. The minimum Gasteiger partial charge on any atom is -0.497 e. The minimum absolute atomic E-state index is 0.459. The van der Waals surface area contributed by atoms with Gasteiger partial charge in [0.25, 0.3) is 0 Å². The van der Waals surface area contributed by atoms with Crippen LogP contribution in [-0.2, 0) is 0 Å². The van der Waals surface area contributed by atoms with Crippen LogP contribution in [0.1, 0.15) is 13.3 Å². The van der Waals surface area contributed by atoms with Crippen LogP contribution in [0.3, 0.4) is 0 Å². The molecular weight excluding hydrogens is 282 g/mol. The number of methoxy groups -OCH3 is 2. The summed E-state index contributed by atoms with van der Waals surface area (Å²) < 4.78 is 10.6. The molecule has 4 N–H and O–H groups in total. The third-order valence-corrected chi connectivity index (χ3v) is 3.09. The van der Waals surface area contributed by atoms with Crippen molar-refractivity contribution in [2.24, 2.45) is 0 Å². The lowest BCUT2D eigenvalue weighted by Gasteiger charge is -2.15. The van der Waals surface area contributed by atoms with Crippen LogP contribution in [-0.4, -0.2) is 30.7 Å². The highest BCUT2D eigenvalue weighted by Gasteiger charge is 2.11. The Morgan fingerprint density at radius 1 is 1.14 bits per heavy atom. The summed E-state index contributed by atoms with van der Waals surface area (Å²) in [7, 11) is 3.21. The van der Waals surface area contributed by atoms with Crippen LogP contribution in [0.4, 0.5) is 23.0 Å². The second-order valence-electron chi connectivity index (χ2n) is 4.60. The lowest BCUT2D eigenvalue weighted by Crippen LogP contribution is -2.08. The third-order valence-electron chi connectivity index (χ3n) is 3.09. The maximum absolute atomic E-state index is 6.11. The number of nitrogens with two attached hydrogens (primary N) is 1. The molecule has 22 heavy (non-hydrogen) atoms. The number of aromatic nitrogens is 2. The number of nitrogens with one attached hydrogen (secondary N) is 2. The summed E-state index contributed by atoms with van der Waals surface area (Å²) in [5.74, 6) is 2.50. The van der Waals surface area contributed by atoms with Crippen LogP contribution < -0.4 is 25.8 Å². The summed E-state index contributed by atoms with van der Waals surface area (Å²) in [4.78, 5) is 8.34. The molecule has 0 amide bonds. The molecule has 7 nitrogen and oxygen atoms in total. The highest BCUT2D eigenvalue weighted by atomic mass is 16.5. The lowest BCUT2D eigenvalue weighted by molar-refractivity contribution is 0.405. The van der Waals surface area contributed by atoms with Gasteiger partial charge in [0.2, 0.25) is 0 Å². The van der Waals surface area contributed by atoms with E-state index in [1.165, 1.54) is 6.33 Å². The van der Waals surface area contributed by atoms with Crippen LogP contribution in [0.5, 0.6) is 11.5 Å². The Bertz CT molecular complexity index is 633. The van der Waals surface area contributed by atoms with Crippen molar-refractivity contribution in [2.45, 2.75) is 13.3 Å². The predicted molar refractivity (Wildman–Crippen MR) is 88.1 cm³/mol. The molecule has 1 heterocycles. The minimum atomic E-state index is 0.459. The summed E-state index contributed by atoms with van der Waals surface area (Å²) in [5, 5.41) is 6.33. The van der Waals surface area contributed by atoms with Crippen molar-refractivity contribution in [1.29, 1.82) is 0 Å². The molecular formula is C15H21N5O2. The van der Waals surface area contributed by atoms with Crippen LogP contribution >= 0.6 is 0 Å². The molecule has 2 rings (SSSR count). The summed E-state index contributed by atoms with van der Waals surface area (Å²) in [6.45, 7) is 2.87. The molecule has 7 heteroatoms. The van der Waals surface area contributed by atoms with Gasteiger partial charge in [-0.2, -0.15) is 0 Å². The fourth-order valence-corrected chi connectivity index (χ4v) is 1.92.